The van der Waals surface area contributed by atoms with Crippen LogP contribution in [0.5, 0.6) is 0 Å². The third-order valence-electron chi connectivity index (χ3n) is 6.93. The van der Waals surface area contributed by atoms with Crippen LogP contribution in [0.25, 0.3) is 0 Å². The Morgan fingerprint density at radius 3 is 2.63 bits per heavy atom. The number of pyridine rings is 1. The molecule has 11 heteroatoms. The molecule has 1 amide bonds. The predicted molar refractivity (Wildman–Crippen MR) is 148 cm³/mol. The molecule has 1 atom stereocenters. The Hall–Kier alpha value is -4.06. The molecule has 198 valence electrons. The Labute approximate surface area is 222 Å². The summed E-state index contributed by atoms with van der Waals surface area (Å²) < 4.78 is 0. The fourth-order valence-electron chi connectivity index (χ4n) is 4.69. The van der Waals surface area contributed by atoms with Crippen molar-refractivity contribution in [3.8, 4) is 0 Å². The van der Waals surface area contributed by atoms with E-state index in [1.807, 2.05) is 17.0 Å². The molecule has 2 aliphatic rings. The minimum atomic E-state index is -0.920. The lowest BCUT2D eigenvalue weighted by atomic mass is 10.1. The number of rotatable bonds is 7. The van der Waals surface area contributed by atoms with Crippen molar-refractivity contribution in [2.24, 2.45) is 0 Å². The zero-order valence-corrected chi connectivity index (χ0v) is 21.7. The van der Waals surface area contributed by atoms with E-state index in [9.17, 15) is 9.90 Å². The van der Waals surface area contributed by atoms with Gasteiger partial charge in [0.1, 0.15) is 5.82 Å². The molecule has 2 aromatic heterocycles. The second kappa shape index (κ2) is 11.1. The lowest BCUT2D eigenvalue weighted by Crippen LogP contribution is -2.50. The van der Waals surface area contributed by atoms with E-state index < -0.39 is 6.35 Å². The number of anilines is 5. The highest BCUT2D eigenvalue weighted by molar-refractivity contribution is 5.99. The average molecular weight is 516 g/mol. The number of carbonyl (C=O) groups excluding carboxylic acids is 1. The maximum Gasteiger partial charge on any atom is 0.247 e. The van der Waals surface area contributed by atoms with Gasteiger partial charge in [0.25, 0.3) is 0 Å². The van der Waals surface area contributed by atoms with E-state index in [1.165, 1.54) is 11.8 Å². The molecular weight excluding hydrogens is 482 g/mol. The molecule has 0 aliphatic carbocycles. The summed E-state index contributed by atoms with van der Waals surface area (Å²) in [7, 11) is 3.95. The van der Waals surface area contributed by atoms with Crippen LogP contribution in [0.4, 0.5) is 28.8 Å². The number of carbonyl (C=O) groups is 1. The van der Waals surface area contributed by atoms with E-state index in [2.05, 4.69) is 56.2 Å². The molecule has 5 rings (SSSR count). The molecule has 3 N–H and O–H groups in total. The van der Waals surface area contributed by atoms with Gasteiger partial charge in [-0.05, 0) is 43.5 Å². The van der Waals surface area contributed by atoms with Gasteiger partial charge < -0.3 is 30.4 Å². The average Bonchev–Trinajstić information content (AvgIpc) is 2.94. The summed E-state index contributed by atoms with van der Waals surface area (Å²) in [5.74, 6) is 0.818. The largest absolute Gasteiger partial charge is 0.369 e. The predicted octanol–water partition coefficient (Wildman–Crippen LogP) is 2.22. The quantitative estimate of drug-likeness (QED) is 0.405. The van der Waals surface area contributed by atoms with Gasteiger partial charge in [-0.15, -0.1) is 0 Å². The Balaban J connectivity index is 1.27. The summed E-state index contributed by atoms with van der Waals surface area (Å²) >= 11 is 0. The molecule has 1 saturated heterocycles. The third-order valence-corrected chi connectivity index (χ3v) is 6.93. The molecule has 3 aromatic rings. The number of hydrogen-bond donors (Lipinski definition) is 3. The van der Waals surface area contributed by atoms with E-state index in [0.29, 0.717) is 30.5 Å². The molecule has 1 unspecified atom stereocenters. The SMILES string of the molecule is C=CC(=O)Nc1ccncc1CN1Cc2cnc(Nc3ccc(N4CCN(C)CC4)cc3)nc2N(C)C1O. The number of fused-ring (bicyclic) bond motifs is 1. The highest BCUT2D eigenvalue weighted by Crippen LogP contribution is 2.30. The first-order valence-corrected chi connectivity index (χ1v) is 12.6. The highest BCUT2D eigenvalue weighted by atomic mass is 16.3. The lowest BCUT2D eigenvalue weighted by Gasteiger charge is -2.40. The third kappa shape index (κ3) is 5.59. The van der Waals surface area contributed by atoms with Crippen molar-refractivity contribution in [3.63, 3.8) is 0 Å². The van der Waals surface area contributed by atoms with Crippen molar-refractivity contribution in [2.75, 3.05) is 60.7 Å². The number of nitrogens with one attached hydrogen (secondary N) is 2. The van der Waals surface area contributed by atoms with Gasteiger partial charge in [0, 0.05) is 93.1 Å². The standard InChI is InChI=1S/C27H33N9O2/c1-4-24(37)31-23-9-10-28-15-19(23)17-36-18-20-16-29-26(32-25(20)34(3)27(36)38)30-21-5-7-22(8-6-21)35-13-11-33(2)12-14-35/h4-10,15-16,27,38H,1,11-14,17-18H2,2-3H3,(H,28,31,37)(H,29,30,32). The number of amides is 1. The summed E-state index contributed by atoms with van der Waals surface area (Å²) in [5.41, 5.74) is 4.39. The minimum Gasteiger partial charge on any atom is -0.369 e. The number of aliphatic hydroxyl groups is 1. The van der Waals surface area contributed by atoms with Crippen LogP contribution < -0.4 is 20.4 Å². The van der Waals surface area contributed by atoms with Crippen molar-refractivity contribution in [2.45, 2.75) is 19.4 Å². The van der Waals surface area contributed by atoms with Crippen LogP contribution in [-0.4, -0.2) is 82.4 Å². The zero-order chi connectivity index (χ0) is 26.6. The molecule has 0 saturated carbocycles. The van der Waals surface area contributed by atoms with Crippen LogP contribution >= 0.6 is 0 Å². The summed E-state index contributed by atoms with van der Waals surface area (Å²) in [5, 5.41) is 17.1. The first kappa shape index (κ1) is 25.6. The van der Waals surface area contributed by atoms with Crippen LogP contribution in [0.1, 0.15) is 11.1 Å². The molecule has 1 fully saturated rings. The van der Waals surface area contributed by atoms with Gasteiger partial charge in [-0.25, -0.2) is 4.98 Å². The van der Waals surface area contributed by atoms with Gasteiger partial charge in [-0.3, -0.25) is 14.7 Å². The normalized spacial score (nSPS) is 18.1. The summed E-state index contributed by atoms with van der Waals surface area (Å²) in [6.07, 6.45) is 5.37. The summed E-state index contributed by atoms with van der Waals surface area (Å²) in [6, 6.07) is 10.0. The molecular formula is C27H33N9O2. The van der Waals surface area contributed by atoms with Crippen LogP contribution in [-0.2, 0) is 17.9 Å². The van der Waals surface area contributed by atoms with Crippen molar-refractivity contribution in [3.05, 3.63) is 72.7 Å². The number of nitrogens with zero attached hydrogens (tertiary/aromatic N) is 7. The Kier molecular flexibility index (Phi) is 7.50. The fraction of sp³-hybridized carbons (Fsp3) is 0.333. The molecule has 2 aliphatic heterocycles. The van der Waals surface area contributed by atoms with Gasteiger partial charge >= 0.3 is 0 Å². The fourth-order valence-corrected chi connectivity index (χ4v) is 4.69. The maximum atomic E-state index is 11.8. The lowest BCUT2D eigenvalue weighted by molar-refractivity contribution is -0.111. The maximum absolute atomic E-state index is 11.8. The number of aliphatic hydroxyl groups excluding tert-OH is 1. The second-order valence-corrected chi connectivity index (χ2v) is 9.59. The molecule has 0 spiro atoms. The number of aromatic nitrogens is 3. The van der Waals surface area contributed by atoms with Gasteiger partial charge in [-0.2, -0.15) is 4.98 Å². The van der Waals surface area contributed by atoms with Crippen LogP contribution in [0, 0.1) is 0 Å². The minimum absolute atomic E-state index is 0.304. The van der Waals surface area contributed by atoms with Crippen molar-refractivity contribution >= 4 is 34.7 Å². The molecule has 11 nitrogen and oxygen atoms in total. The van der Waals surface area contributed by atoms with E-state index in [0.717, 1.165) is 43.0 Å². The Morgan fingerprint density at radius 2 is 1.89 bits per heavy atom. The van der Waals surface area contributed by atoms with Gasteiger partial charge in [0.2, 0.25) is 11.9 Å². The van der Waals surface area contributed by atoms with E-state index >= 15 is 0 Å². The Morgan fingerprint density at radius 1 is 1.13 bits per heavy atom. The monoisotopic (exact) mass is 515 g/mol. The number of piperazine rings is 1. The number of benzene rings is 1. The van der Waals surface area contributed by atoms with Crippen LogP contribution in [0.3, 0.4) is 0 Å². The van der Waals surface area contributed by atoms with Crippen molar-refractivity contribution in [1.29, 1.82) is 0 Å². The van der Waals surface area contributed by atoms with Gasteiger partial charge in [-0.1, -0.05) is 6.58 Å². The van der Waals surface area contributed by atoms with Crippen molar-refractivity contribution < 1.29 is 9.90 Å². The highest BCUT2D eigenvalue weighted by Gasteiger charge is 2.31. The Bertz CT molecular complexity index is 1290. The zero-order valence-electron chi connectivity index (χ0n) is 21.7. The van der Waals surface area contributed by atoms with E-state index in [1.54, 1.807) is 36.6 Å². The first-order chi connectivity index (χ1) is 18.4. The second-order valence-electron chi connectivity index (χ2n) is 9.59. The smallest absolute Gasteiger partial charge is 0.247 e. The van der Waals surface area contributed by atoms with Crippen LogP contribution in [0.2, 0.25) is 0 Å². The van der Waals surface area contributed by atoms with Crippen molar-refractivity contribution in [1.82, 2.24) is 24.8 Å². The van der Waals surface area contributed by atoms with E-state index in [-0.39, 0.29) is 5.91 Å². The summed E-state index contributed by atoms with van der Waals surface area (Å²) in [6.45, 7) is 8.48. The number of likely N-dealkylation sites (N-methyl/N-ethyl adjacent to an activating group) is 1. The van der Waals surface area contributed by atoms with Crippen LogP contribution in [0.15, 0.2) is 61.6 Å². The molecule has 38 heavy (non-hydrogen) atoms. The first-order valence-electron chi connectivity index (χ1n) is 12.6. The molecule has 1 aromatic carbocycles. The number of hydrogen-bond acceptors (Lipinski definition) is 10. The molecule has 0 radical (unpaired) electrons. The van der Waals surface area contributed by atoms with E-state index in [4.69, 9.17) is 4.98 Å². The van der Waals surface area contributed by atoms with Gasteiger partial charge in [0.15, 0.2) is 6.35 Å². The molecule has 0 bridgehead atoms. The molecule has 4 heterocycles. The topological polar surface area (TPSA) is 113 Å². The summed E-state index contributed by atoms with van der Waals surface area (Å²) in [4.78, 5) is 33.5. The van der Waals surface area contributed by atoms with Gasteiger partial charge in [0.05, 0.1) is 0 Å².